The minimum atomic E-state index is -0.258. The van der Waals surface area contributed by atoms with Gasteiger partial charge in [0, 0.05) is 44.0 Å². The number of rotatable bonds is 5. The second-order valence-corrected chi connectivity index (χ2v) is 6.48. The Bertz CT molecular complexity index is 709. The van der Waals surface area contributed by atoms with Gasteiger partial charge in [-0.15, -0.1) is 0 Å². The van der Waals surface area contributed by atoms with Crippen LogP contribution in [0.5, 0.6) is 0 Å². The highest BCUT2D eigenvalue weighted by Gasteiger charge is 2.14. The third kappa shape index (κ3) is 4.79. The van der Waals surface area contributed by atoms with Gasteiger partial charge in [-0.25, -0.2) is 4.39 Å². The molecule has 0 unspecified atom stereocenters. The first-order valence-electron chi connectivity index (χ1n) is 8.68. The number of piperazine rings is 1. The average molecular weight is 341 g/mol. The first-order valence-corrected chi connectivity index (χ1v) is 8.68. The van der Waals surface area contributed by atoms with E-state index in [0.717, 1.165) is 31.9 Å². The number of benzene rings is 2. The molecule has 0 atom stereocenters. The molecule has 1 aliphatic rings. The molecule has 1 aliphatic heterocycles. The zero-order valence-electron chi connectivity index (χ0n) is 14.5. The maximum absolute atomic E-state index is 13.6. The number of amides is 1. The zero-order valence-corrected chi connectivity index (χ0v) is 14.5. The van der Waals surface area contributed by atoms with E-state index in [1.54, 1.807) is 18.2 Å². The molecule has 0 bridgehead atoms. The van der Waals surface area contributed by atoms with E-state index >= 15 is 0 Å². The minimum Gasteiger partial charge on any atom is -0.369 e. The molecule has 1 N–H and O–H groups in total. The van der Waals surface area contributed by atoms with Gasteiger partial charge in [0.1, 0.15) is 5.82 Å². The van der Waals surface area contributed by atoms with Gasteiger partial charge < -0.3 is 15.1 Å². The van der Waals surface area contributed by atoms with E-state index in [1.165, 1.54) is 11.8 Å². The van der Waals surface area contributed by atoms with Crippen LogP contribution in [0.3, 0.4) is 0 Å². The fraction of sp³-hybridized carbons (Fsp3) is 0.350. The third-order valence-corrected chi connectivity index (χ3v) is 4.60. The molecule has 5 heteroatoms. The molecule has 3 rings (SSSR count). The van der Waals surface area contributed by atoms with E-state index in [9.17, 15) is 9.18 Å². The number of anilines is 2. The molecule has 0 radical (unpaired) electrons. The van der Waals surface area contributed by atoms with E-state index in [-0.39, 0.29) is 18.1 Å². The molecular weight excluding hydrogens is 317 g/mol. The number of likely N-dealkylation sites (N-methyl/N-ethyl adjacent to an activating group) is 1. The number of carbonyl (C=O) groups excluding carboxylic acids is 1. The number of aryl methyl sites for hydroxylation is 1. The summed E-state index contributed by atoms with van der Waals surface area (Å²) in [4.78, 5) is 16.7. The Kier molecular flexibility index (Phi) is 5.66. The van der Waals surface area contributed by atoms with Gasteiger partial charge >= 0.3 is 0 Å². The van der Waals surface area contributed by atoms with Crippen LogP contribution < -0.4 is 10.2 Å². The molecule has 0 saturated carbocycles. The summed E-state index contributed by atoms with van der Waals surface area (Å²) >= 11 is 0. The molecule has 25 heavy (non-hydrogen) atoms. The van der Waals surface area contributed by atoms with Gasteiger partial charge in [0.25, 0.3) is 0 Å². The molecule has 4 nitrogen and oxygen atoms in total. The summed E-state index contributed by atoms with van der Waals surface area (Å²) in [6, 6.07) is 14.5. The molecule has 1 saturated heterocycles. The van der Waals surface area contributed by atoms with Gasteiger partial charge in [0.15, 0.2) is 0 Å². The van der Waals surface area contributed by atoms with Gasteiger partial charge in [-0.3, -0.25) is 4.79 Å². The molecule has 2 aromatic carbocycles. The van der Waals surface area contributed by atoms with Gasteiger partial charge in [-0.1, -0.05) is 18.2 Å². The monoisotopic (exact) mass is 341 g/mol. The van der Waals surface area contributed by atoms with Gasteiger partial charge in [-0.2, -0.15) is 0 Å². The number of halogens is 1. The van der Waals surface area contributed by atoms with Gasteiger partial charge in [0.2, 0.25) is 5.91 Å². The summed E-state index contributed by atoms with van der Waals surface area (Å²) in [5.41, 5.74) is 2.52. The first kappa shape index (κ1) is 17.4. The maximum Gasteiger partial charge on any atom is 0.224 e. The molecule has 0 aromatic heterocycles. The summed E-state index contributed by atoms with van der Waals surface area (Å²) in [5, 5.41) is 2.88. The number of hydrogen-bond donors (Lipinski definition) is 1. The van der Waals surface area contributed by atoms with Crippen LogP contribution in [0, 0.1) is 5.82 Å². The largest absolute Gasteiger partial charge is 0.369 e. The number of nitrogens with one attached hydrogen (secondary N) is 1. The lowest BCUT2D eigenvalue weighted by Crippen LogP contribution is -2.44. The second-order valence-electron chi connectivity index (χ2n) is 6.48. The summed E-state index contributed by atoms with van der Waals surface area (Å²) < 4.78 is 13.6. The van der Waals surface area contributed by atoms with Crippen molar-refractivity contribution in [2.24, 2.45) is 0 Å². The lowest BCUT2D eigenvalue weighted by molar-refractivity contribution is -0.116. The Morgan fingerprint density at radius 1 is 1.04 bits per heavy atom. The van der Waals surface area contributed by atoms with Crippen molar-refractivity contribution in [1.82, 2.24) is 4.90 Å². The van der Waals surface area contributed by atoms with Crippen LogP contribution in [0.2, 0.25) is 0 Å². The minimum absolute atomic E-state index is 0.101. The molecule has 1 amide bonds. The standard InChI is InChI=1S/C20H24FN3O/c1-23-12-14-24(15-13-23)18-9-7-17(8-10-18)22-20(25)11-6-16-4-2-3-5-19(16)21/h2-5,7-10H,6,11-15H2,1H3,(H,22,25). The van der Waals surface area contributed by atoms with Gasteiger partial charge in [0.05, 0.1) is 0 Å². The Morgan fingerprint density at radius 3 is 2.40 bits per heavy atom. The van der Waals surface area contributed by atoms with Crippen molar-refractivity contribution >= 4 is 17.3 Å². The molecule has 1 heterocycles. The van der Waals surface area contributed by atoms with Crippen LogP contribution in [-0.4, -0.2) is 44.0 Å². The Balaban J connectivity index is 1.51. The van der Waals surface area contributed by atoms with E-state index in [0.29, 0.717) is 12.0 Å². The average Bonchev–Trinajstić information content (AvgIpc) is 2.62. The van der Waals surface area contributed by atoms with Crippen molar-refractivity contribution < 1.29 is 9.18 Å². The van der Waals surface area contributed by atoms with E-state index < -0.39 is 0 Å². The van der Waals surface area contributed by atoms with Crippen molar-refractivity contribution in [3.05, 3.63) is 59.9 Å². The topological polar surface area (TPSA) is 35.6 Å². The fourth-order valence-corrected chi connectivity index (χ4v) is 2.99. The molecule has 0 spiro atoms. The number of nitrogens with zero attached hydrogens (tertiary/aromatic N) is 2. The predicted octanol–water partition coefficient (Wildman–Crippen LogP) is 3.15. The van der Waals surface area contributed by atoms with Crippen LogP contribution in [0.25, 0.3) is 0 Å². The highest BCUT2D eigenvalue weighted by Crippen LogP contribution is 2.19. The highest BCUT2D eigenvalue weighted by atomic mass is 19.1. The number of hydrogen-bond acceptors (Lipinski definition) is 3. The van der Waals surface area contributed by atoms with E-state index in [2.05, 4.69) is 22.2 Å². The van der Waals surface area contributed by atoms with Crippen molar-refractivity contribution in [3.8, 4) is 0 Å². The van der Waals surface area contributed by atoms with Crippen LogP contribution in [0.4, 0.5) is 15.8 Å². The summed E-state index contributed by atoms with van der Waals surface area (Å²) in [6.07, 6.45) is 0.666. The summed E-state index contributed by atoms with van der Waals surface area (Å²) in [5.74, 6) is -0.359. The maximum atomic E-state index is 13.6. The van der Waals surface area contributed by atoms with Crippen molar-refractivity contribution in [2.45, 2.75) is 12.8 Å². The molecule has 2 aromatic rings. The van der Waals surface area contributed by atoms with Crippen molar-refractivity contribution in [1.29, 1.82) is 0 Å². The quantitative estimate of drug-likeness (QED) is 0.907. The van der Waals surface area contributed by atoms with Crippen LogP contribution in [0.1, 0.15) is 12.0 Å². The zero-order chi connectivity index (χ0) is 17.6. The Labute approximate surface area is 148 Å². The normalized spacial score (nSPS) is 15.2. The lowest BCUT2D eigenvalue weighted by Gasteiger charge is -2.34. The predicted molar refractivity (Wildman–Crippen MR) is 99.5 cm³/mol. The van der Waals surface area contributed by atoms with Crippen LogP contribution in [-0.2, 0) is 11.2 Å². The Morgan fingerprint density at radius 2 is 1.72 bits per heavy atom. The Hall–Kier alpha value is -2.40. The third-order valence-electron chi connectivity index (χ3n) is 4.60. The lowest BCUT2D eigenvalue weighted by atomic mass is 10.1. The molecule has 0 aliphatic carbocycles. The second kappa shape index (κ2) is 8.12. The van der Waals surface area contributed by atoms with Gasteiger partial charge in [-0.05, 0) is 49.4 Å². The first-order chi connectivity index (χ1) is 12.1. The summed E-state index contributed by atoms with van der Waals surface area (Å²) in [6.45, 7) is 4.17. The smallest absolute Gasteiger partial charge is 0.224 e. The SMILES string of the molecule is CN1CCN(c2ccc(NC(=O)CCc3ccccc3F)cc2)CC1. The van der Waals surface area contributed by atoms with Crippen LogP contribution in [0.15, 0.2) is 48.5 Å². The molecule has 1 fully saturated rings. The van der Waals surface area contributed by atoms with Crippen molar-refractivity contribution in [3.63, 3.8) is 0 Å². The van der Waals surface area contributed by atoms with E-state index in [4.69, 9.17) is 0 Å². The highest BCUT2D eigenvalue weighted by molar-refractivity contribution is 5.91. The molecular formula is C20H24FN3O. The van der Waals surface area contributed by atoms with Crippen molar-refractivity contribution in [2.75, 3.05) is 43.4 Å². The molecule has 132 valence electrons. The van der Waals surface area contributed by atoms with Crippen LogP contribution >= 0.6 is 0 Å². The van der Waals surface area contributed by atoms with E-state index in [1.807, 2.05) is 24.3 Å². The summed E-state index contributed by atoms with van der Waals surface area (Å²) in [7, 11) is 2.14. The number of carbonyl (C=O) groups is 1. The fourth-order valence-electron chi connectivity index (χ4n) is 2.99.